The van der Waals surface area contributed by atoms with Crippen LogP contribution in [0.15, 0.2) is 36.4 Å². The molecule has 18 heteroatoms. The second-order valence-corrected chi connectivity index (χ2v) is 13.7. The van der Waals surface area contributed by atoms with Crippen LogP contribution in [0.3, 0.4) is 0 Å². The van der Waals surface area contributed by atoms with Crippen molar-refractivity contribution in [3.63, 3.8) is 0 Å². The van der Waals surface area contributed by atoms with Crippen LogP contribution in [0.1, 0.15) is 84.6 Å². The predicted molar refractivity (Wildman–Crippen MR) is 198 cm³/mol. The lowest BCUT2D eigenvalue weighted by atomic mass is 10.0. The van der Waals surface area contributed by atoms with Crippen molar-refractivity contribution < 1.29 is 53.0 Å². The molecule has 8 N–H and O–H groups in total. The van der Waals surface area contributed by atoms with Gasteiger partial charge in [0.15, 0.2) is 0 Å². The number of carboxylic acid groups (broad SMARTS) is 1. The van der Waals surface area contributed by atoms with Crippen molar-refractivity contribution in [1.82, 2.24) is 26.2 Å². The number of ether oxygens (including phenoxy) is 1. The maximum absolute atomic E-state index is 13.6. The van der Waals surface area contributed by atoms with Crippen LogP contribution in [0.2, 0.25) is 0 Å². The first-order valence-corrected chi connectivity index (χ1v) is 18.2. The van der Waals surface area contributed by atoms with Crippen molar-refractivity contribution >= 4 is 59.1 Å². The Morgan fingerprint density at radius 3 is 1.98 bits per heavy atom. The van der Waals surface area contributed by atoms with Gasteiger partial charge in [0.2, 0.25) is 23.6 Å². The summed E-state index contributed by atoms with van der Waals surface area (Å²) in [5.41, 5.74) is 6.22. The third kappa shape index (κ3) is 16.8. The number of urea groups is 1. The largest absolute Gasteiger partial charge is 0.481 e. The molecule has 1 aliphatic rings. The SMILES string of the molecule is CC(C)C(=O)OCc1ccc(NC(=O)C(CCCNC(N)=O)NC(=O)[C@@H](NC(=O)[C@H](CCC(=O)O)NC(=O)CCCCCN2C(=O)C=CC2=O)C(C)C)cc1. The van der Waals surface area contributed by atoms with Gasteiger partial charge >= 0.3 is 18.0 Å². The summed E-state index contributed by atoms with van der Waals surface area (Å²) in [5, 5.41) is 22.2. The van der Waals surface area contributed by atoms with Gasteiger partial charge in [0.25, 0.3) is 11.8 Å². The molecule has 0 bridgehead atoms. The molecule has 1 heterocycles. The number of carbonyl (C=O) groups excluding carboxylic acids is 8. The van der Waals surface area contributed by atoms with Gasteiger partial charge in [-0.2, -0.15) is 0 Å². The number of imide groups is 1. The highest BCUT2D eigenvalue weighted by atomic mass is 16.5. The number of carboxylic acids is 1. The third-order valence-electron chi connectivity index (χ3n) is 8.41. The van der Waals surface area contributed by atoms with Crippen molar-refractivity contribution in [2.24, 2.45) is 17.6 Å². The van der Waals surface area contributed by atoms with E-state index >= 15 is 0 Å². The van der Waals surface area contributed by atoms with E-state index in [-0.39, 0.29) is 57.3 Å². The molecule has 0 saturated heterocycles. The van der Waals surface area contributed by atoms with Gasteiger partial charge < -0.3 is 42.2 Å². The minimum Gasteiger partial charge on any atom is -0.481 e. The number of aliphatic carboxylic acids is 1. The Bertz CT molecular complexity index is 1560. The number of nitrogens with two attached hydrogens (primary N) is 1. The van der Waals surface area contributed by atoms with Crippen LogP contribution in [0.4, 0.5) is 10.5 Å². The molecule has 1 aromatic carbocycles. The maximum atomic E-state index is 13.6. The average Bonchev–Trinajstić information content (AvgIpc) is 3.44. The number of primary amides is 1. The summed E-state index contributed by atoms with van der Waals surface area (Å²) in [6, 6.07) is 2.14. The zero-order chi connectivity index (χ0) is 41.1. The number of amides is 8. The molecule has 1 unspecified atom stereocenters. The van der Waals surface area contributed by atoms with Crippen molar-refractivity contribution in [1.29, 1.82) is 0 Å². The van der Waals surface area contributed by atoms with E-state index in [0.717, 1.165) is 4.90 Å². The highest BCUT2D eigenvalue weighted by molar-refractivity contribution is 6.12. The summed E-state index contributed by atoms with van der Waals surface area (Å²) in [6.45, 7) is 7.10. The molecule has 3 atom stereocenters. The van der Waals surface area contributed by atoms with Gasteiger partial charge in [0, 0.05) is 43.8 Å². The van der Waals surface area contributed by atoms with E-state index in [1.165, 1.54) is 12.2 Å². The summed E-state index contributed by atoms with van der Waals surface area (Å²) in [6.07, 6.45) is 3.30. The molecule has 1 aliphatic heterocycles. The molecule has 0 saturated carbocycles. The Morgan fingerprint density at radius 1 is 0.764 bits per heavy atom. The normalized spacial score (nSPS) is 13.9. The zero-order valence-corrected chi connectivity index (χ0v) is 31.7. The smallest absolute Gasteiger partial charge is 0.312 e. The number of esters is 1. The maximum Gasteiger partial charge on any atom is 0.312 e. The zero-order valence-electron chi connectivity index (χ0n) is 31.7. The van der Waals surface area contributed by atoms with Crippen molar-refractivity contribution in [3.05, 3.63) is 42.0 Å². The van der Waals surface area contributed by atoms with Gasteiger partial charge in [-0.1, -0.05) is 46.2 Å². The molecule has 55 heavy (non-hydrogen) atoms. The molecular weight excluding hydrogens is 718 g/mol. The second kappa shape index (κ2) is 23.1. The van der Waals surface area contributed by atoms with Crippen LogP contribution >= 0.6 is 0 Å². The minimum atomic E-state index is -1.29. The first-order chi connectivity index (χ1) is 26.0. The monoisotopic (exact) mass is 771 g/mol. The standard InChI is InChI=1S/C37H53N7O11/c1-22(2)32(43-34(51)27(15-18-31(48)49)41-28(45)10-6-5-7-20-44-29(46)16-17-30(44)47)35(52)42-26(9-8-19-39-37(38)54)33(50)40-25-13-11-24(12-14-25)21-55-36(53)23(3)4/h11-14,16-17,22-23,26-27,32H,5-10,15,18-21H2,1-4H3,(H,40,50)(H,41,45)(H,42,52)(H,43,51)(H,48,49)(H3,38,39,54)/t26?,27-,32-/m0/s1. The fourth-order valence-corrected chi connectivity index (χ4v) is 5.26. The number of benzene rings is 1. The molecule has 1 aromatic rings. The summed E-state index contributed by atoms with van der Waals surface area (Å²) >= 11 is 0. The third-order valence-corrected chi connectivity index (χ3v) is 8.41. The summed E-state index contributed by atoms with van der Waals surface area (Å²) < 4.78 is 5.23. The number of anilines is 1. The minimum absolute atomic E-state index is 0.0131. The summed E-state index contributed by atoms with van der Waals surface area (Å²) in [7, 11) is 0. The van der Waals surface area contributed by atoms with Crippen molar-refractivity contribution in [2.45, 2.75) is 104 Å². The Hall–Kier alpha value is -5.81. The van der Waals surface area contributed by atoms with Gasteiger partial charge in [0.05, 0.1) is 5.92 Å². The first kappa shape index (κ1) is 45.3. The molecule has 0 aliphatic carbocycles. The topological polar surface area (TPSA) is 272 Å². The number of hydrogen-bond acceptors (Lipinski definition) is 10. The molecular formula is C37H53N7O11. The lowest BCUT2D eigenvalue weighted by Crippen LogP contribution is -2.57. The molecule has 302 valence electrons. The van der Waals surface area contributed by atoms with Gasteiger partial charge in [0.1, 0.15) is 24.7 Å². The van der Waals surface area contributed by atoms with Crippen LogP contribution in [-0.4, -0.2) is 94.6 Å². The van der Waals surface area contributed by atoms with Crippen LogP contribution in [0.5, 0.6) is 0 Å². The number of nitrogens with one attached hydrogen (secondary N) is 5. The predicted octanol–water partition coefficient (Wildman–Crippen LogP) is 1.23. The average molecular weight is 772 g/mol. The van der Waals surface area contributed by atoms with E-state index in [9.17, 15) is 48.3 Å². The summed E-state index contributed by atoms with van der Waals surface area (Å²) in [4.78, 5) is 112. The molecule has 0 radical (unpaired) electrons. The summed E-state index contributed by atoms with van der Waals surface area (Å²) in [5.74, 6) is -5.79. The lowest BCUT2D eigenvalue weighted by molar-refractivity contribution is -0.148. The molecule has 0 spiro atoms. The number of hydrogen-bond donors (Lipinski definition) is 7. The fourth-order valence-electron chi connectivity index (χ4n) is 5.26. The fraction of sp³-hybridized carbons (Fsp3) is 0.541. The molecule has 18 nitrogen and oxygen atoms in total. The first-order valence-electron chi connectivity index (χ1n) is 18.2. The van der Waals surface area contributed by atoms with Crippen molar-refractivity contribution in [2.75, 3.05) is 18.4 Å². The Balaban J connectivity index is 2.07. The highest BCUT2D eigenvalue weighted by Crippen LogP contribution is 2.14. The van der Waals surface area contributed by atoms with Crippen LogP contribution in [0.25, 0.3) is 0 Å². The second-order valence-electron chi connectivity index (χ2n) is 13.7. The molecule has 0 fully saturated rings. The molecule has 0 aromatic heterocycles. The molecule has 8 amide bonds. The van der Waals surface area contributed by atoms with E-state index in [2.05, 4.69) is 26.6 Å². The van der Waals surface area contributed by atoms with Crippen LogP contribution < -0.4 is 32.3 Å². The highest BCUT2D eigenvalue weighted by Gasteiger charge is 2.32. The van der Waals surface area contributed by atoms with E-state index in [1.807, 2.05) is 0 Å². The molecule has 2 rings (SSSR count). The van der Waals surface area contributed by atoms with E-state index in [0.29, 0.717) is 30.5 Å². The number of carbonyl (C=O) groups is 9. The van der Waals surface area contributed by atoms with E-state index in [1.54, 1.807) is 52.0 Å². The van der Waals surface area contributed by atoms with E-state index in [4.69, 9.17) is 10.5 Å². The van der Waals surface area contributed by atoms with E-state index < -0.39 is 77.9 Å². The number of unbranched alkanes of at least 4 members (excludes halogenated alkanes) is 2. The van der Waals surface area contributed by atoms with Crippen LogP contribution in [0, 0.1) is 11.8 Å². The quantitative estimate of drug-likeness (QED) is 0.0446. The number of rotatable bonds is 24. The Kier molecular flexibility index (Phi) is 19.0. The Morgan fingerprint density at radius 2 is 1.40 bits per heavy atom. The van der Waals surface area contributed by atoms with Gasteiger partial charge in [-0.05, 0) is 55.7 Å². The van der Waals surface area contributed by atoms with Crippen LogP contribution in [-0.2, 0) is 49.7 Å². The lowest BCUT2D eigenvalue weighted by Gasteiger charge is -2.27. The van der Waals surface area contributed by atoms with Gasteiger partial charge in [-0.25, -0.2) is 4.79 Å². The Labute approximate surface area is 319 Å². The van der Waals surface area contributed by atoms with Gasteiger partial charge in [-0.15, -0.1) is 0 Å². The van der Waals surface area contributed by atoms with Gasteiger partial charge in [-0.3, -0.25) is 43.3 Å². The number of nitrogens with zero attached hydrogens (tertiary/aromatic N) is 1. The van der Waals surface area contributed by atoms with Crippen molar-refractivity contribution in [3.8, 4) is 0 Å².